The first-order valence-corrected chi connectivity index (χ1v) is 5.27. The van der Waals surface area contributed by atoms with Gasteiger partial charge >= 0.3 is 0 Å². The van der Waals surface area contributed by atoms with Crippen molar-refractivity contribution in [3.05, 3.63) is 0 Å². The van der Waals surface area contributed by atoms with Gasteiger partial charge in [0.15, 0.2) is 0 Å². The molecule has 2 amide bonds. The molecule has 0 aliphatic carbocycles. The van der Waals surface area contributed by atoms with Crippen molar-refractivity contribution in [3.8, 4) is 0 Å². The summed E-state index contributed by atoms with van der Waals surface area (Å²) in [5.41, 5.74) is 0. The Morgan fingerprint density at radius 2 is 2.21 bits per heavy atom. The minimum atomic E-state index is -0.107. The maximum Gasteiger partial charge on any atom is 0.232 e. The van der Waals surface area contributed by atoms with Gasteiger partial charge in [-0.2, -0.15) is 0 Å². The zero-order valence-electron chi connectivity index (χ0n) is 8.45. The Morgan fingerprint density at radius 3 is 2.71 bits per heavy atom. The number of amides is 2. The molecule has 2 unspecified atom stereocenters. The average Bonchev–Trinajstić information content (AvgIpc) is 2.43. The van der Waals surface area contributed by atoms with Gasteiger partial charge in [-0.1, -0.05) is 6.92 Å². The maximum absolute atomic E-state index is 11.7. The van der Waals surface area contributed by atoms with Gasteiger partial charge in [0.1, 0.15) is 0 Å². The molecular formula is C10H16N2O2. The molecule has 4 heteroatoms. The van der Waals surface area contributed by atoms with Crippen molar-refractivity contribution in [1.29, 1.82) is 0 Å². The number of carbonyl (C=O) groups is 2. The Morgan fingerprint density at radius 1 is 1.43 bits per heavy atom. The van der Waals surface area contributed by atoms with E-state index in [1.807, 2.05) is 6.92 Å². The molecule has 4 nitrogen and oxygen atoms in total. The third-order valence-electron chi connectivity index (χ3n) is 3.04. The van der Waals surface area contributed by atoms with E-state index in [-0.39, 0.29) is 23.8 Å². The van der Waals surface area contributed by atoms with Crippen LogP contribution in [0.3, 0.4) is 0 Å². The Balaban J connectivity index is 2.08. The van der Waals surface area contributed by atoms with E-state index >= 15 is 0 Å². The van der Waals surface area contributed by atoms with Crippen LogP contribution >= 0.6 is 0 Å². The van der Waals surface area contributed by atoms with E-state index in [1.54, 1.807) is 0 Å². The fraction of sp³-hybridized carbons (Fsp3) is 0.800. The lowest BCUT2D eigenvalue weighted by atomic mass is 10.1. The number of nitrogens with zero attached hydrogens (tertiary/aromatic N) is 1. The number of hydrogen-bond donors (Lipinski definition) is 1. The molecule has 2 saturated heterocycles. The molecule has 78 valence electrons. The van der Waals surface area contributed by atoms with Crippen molar-refractivity contribution in [2.75, 3.05) is 13.1 Å². The second-order valence-corrected chi connectivity index (χ2v) is 4.21. The molecule has 2 aliphatic heterocycles. The summed E-state index contributed by atoms with van der Waals surface area (Å²) in [5, 5.41) is 3.22. The van der Waals surface area contributed by atoms with E-state index < -0.39 is 0 Å². The highest BCUT2D eigenvalue weighted by molar-refractivity contribution is 6.03. The summed E-state index contributed by atoms with van der Waals surface area (Å²) in [6.45, 7) is 3.60. The average molecular weight is 196 g/mol. The van der Waals surface area contributed by atoms with Gasteiger partial charge in [0.2, 0.25) is 11.8 Å². The quantitative estimate of drug-likeness (QED) is 0.607. The molecule has 0 aromatic rings. The van der Waals surface area contributed by atoms with Crippen LogP contribution in [-0.4, -0.2) is 35.8 Å². The lowest BCUT2D eigenvalue weighted by Gasteiger charge is -2.30. The molecule has 1 N–H and O–H groups in total. The standard InChI is InChI=1S/C10H16N2O2/c1-7-5-9(13)12(10(7)14)8-3-2-4-11-6-8/h7-8,11H,2-6H2,1H3. The van der Waals surface area contributed by atoms with Crippen molar-refractivity contribution < 1.29 is 9.59 Å². The minimum Gasteiger partial charge on any atom is -0.315 e. The van der Waals surface area contributed by atoms with Crippen LogP contribution in [0.2, 0.25) is 0 Å². The Labute approximate surface area is 83.6 Å². The molecule has 0 aromatic carbocycles. The number of likely N-dealkylation sites (tertiary alicyclic amines) is 1. The van der Waals surface area contributed by atoms with Crippen LogP contribution < -0.4 is 5.32 Å². The number of imide groups is 1. The highest BCUT2D eigenvalue weighted by Gasteiger charge is 2.39. The summed E-state index contributed by atoms with van der Waals surface area (Å²) in [7, 11) is 0. The van der Waals surface area contributed by atoms with E-state index in [2.05, 4.69) is 5.32 Å². The van der Waals surface area contributed by atoms with Crippen LogP contribution in [0.4, 0.5) is 0 Å². The summed E-state index contributed by atoms with van der Waals surface area (Å²) in [6.07, 6.45) is 2.41. The van der Waals surface area contributed by atoms with Gasteiger partial charge in [-0.3, -0.25) is 14.5 Å². The smallest absolute Gasteiger partial charge is 0.232 e. The summed E-state index contributed by atoms with van der Waals surface area (Å²) < 4.78 is 0. The lowest BCUT2D eigenvalue weighted by molar-refractivity contribution is -0.142. The topological polar surface area (TPSA) is 49.4 Å². The Kier molecular flexibility index (Phi) is 2.54. The number of nitrogens with one attached hydrogen (secondary N) is 1. The zero-order chi connectivity index (χ0) is 10.1. The maximum atomic E-state index is 11.7. The van der Waals surface area contributed by atoms with Crippen LogP contribution in [-0.2, 0) is 9.59 Å². The Bertz CT molecular complexity index is 259. The predicted octanol–water partition coefficient (Wildman–Crippen LogP) is 0.133. The van der Waals surface area contributed by atoms with Crippen LogP contribution in [0.25, 0.3) is 0 Å². The summed E-state index contributed by atoms with van der Waals surface area (Å²) >= 11 is 0. The first-order valence-electron chi connectivity index (χ1n) is 5.27. The molecule has 2 fully saturated rings. The molecule has 2 atom stereocenters. The predicted molar refractivity (Wildman–Crippen MR) is 51.5 cm³/mol. The van der Waals surface area contributed by atoms with Crippen molar-refractivity contribution in [3.63, 3.8) is 0 Å². The molecule has 0 saturated carbocycles. The number of piperidine rings is 1. The number of carbonyl (C=O) groups excluding carboxylic acids is 2. The van der Waals surface area contributed by atoms with Crippen molar-refractivity contribution in [2.24, 2.45) is 5.92 Å². The Hall–Kier alpha value is -0.900. The van der Waals surface area contributed by atoms with E-state index in [9.17, 15) is 9.59 Å². The normalized spacial score (nSPS) is 33.9. The van der Waals surface area contributed by atoms with Gasteiger partial charge in [-0.15, -0.1) is 0 Å². The second-order valence-electron chi connectivity index (χ2n) is 4.21. The fourth-order valence-electron chi connectivity index (χ4n) is 2.25. The van der Waals surface area contributed by atoms with E-state index in [0.29, 0.717) is 6.42 Å². The van der Waals surface area contributed by atoms with E-state index in [1.165, 1.54) is 4.90 Å². The summed E-state index contributed by atoms with van der Waals surface area (Å²) in [4.78, 5) is 24.7. The molecule has 14 heavy (non-hydrogen) atoms. The van der Waals surface area contributed by atoms with Crippen molar-refractivity contribution in [2.45, 2.75) is 32.2 Å². The largest absolute Gasteiger partial charge is 0.315 e. The zero-order valence-corrected chi connectivity index (χ0v) is 8.45. The molecular weight excluding hydrogens is 180 g/mol. The van der Waals surface area contributed by atoms with Crippen LogP contribution in [0.15, 0.2) is 0 Å². The van der Waals surface area contributed by atoms with Crippen LogP contribution in [0.5, 0.6) is 0 Å². The van der Waals surface area contributed by atoms with Gasteiger partial charge in [0, 0.05) is 18.9 Å². The number of rotatable bonds is 1. The fourth-order valence-corrected chi connectivity index (χ4v) is 2.25. The highest BCUT2D eigenvalue weighted by atomic mass is 16.2. The first kappa shape index (κ1) is 9.65. The van der Waals surface area contributed by atoms with Crippen molar-refractivity contribution >= 4 is 11.8 Å². The molecule has 2 heterocycles. The van der Waals surface area contributed by atoms with Gasteiger partial charge in [-0.25, -0.2) is 0 Å². The SMILES string of the molecule is CC1CC(=O)N(C2CCCNC2)C1=O. The van der Waals surface area contributed by atoms with Gasteiger partial charge in [0.05, 0.1) is 6.04 Å². The third-order valence-corrected chi connectivity index (χ3v) is 3.04. The van der Waals surface area contributed by atoms with Crippen LogP contribution in [0.1, 0.15) is 26.2 Å². The third kappa shape index (κ3) is 1.54. The van der Waals surface area contributed by atoms with Crippen LogP contribution in [0, 0.1) is 5.92 Å². The molecule has 0 radical (unpaired) electrons. The molecule has 2 aliphatic rings. The second kappa shape index (κ2) is 3.69. The molecule has 2 rings (SSSR count). The summed E-state index contributed by atoms with van der Waals surface area (Å²) in [5.74, 6) is -0.0793. The van der Waals surface area contributed by atoms with Crippen molar-refractivity contribution in [1.82, 2.24) is 10.2 Å². The van der Waals surface area contributed by atoms with Gasteiger partial charge in [-0.05, 0) is 19.4 Å². The lowest BCUT2D eigenvalue weighted by Crippen LogP contribution is -2.48. The molecule has 0 spiro atoms. The number of hydrogen-bond acceptors (Lipinski definition) is 3. The molecule has 0 aromatic heterocycles. The highest BCUT2D eigenvalue weighted by Crippen LogP contribution is 2.23. The van der Waals surface area contributed by atoms with E-state index in [0.717, 1.165) is 25.9 Å². The first-order chi connectivity index (χ1) is 6.70. The monoisotopic (exact) mass is 196 g/mol. The minimum absolute atomic E-state index is 0.0104. The summed E-state index contributed by atoms with van der Waals surface area (Å²) in [6, 6.07) is 0.105. The van der Waals surface area contributed by atoms with Gasteiger partial charge in [0.25, 0.3) is 0 Å². The van der Waals surface area contributed by atoms with E-state index in [4.69, 9.17) is 0 Å². The van der Waals surface area contributed by atoms with Gasteiger partial charge < -0.3 is 5.32 Å². The molecule has 0 bridgehead atoms.